The Hall–Kier alpha value is -5.59. The van der Waals surface area contributed by atoms with Crippen LogP contribution < -0.4 is 20.3 Å². The Kier molecular flexibility index (Phi) is 13.4. The van der Waals surface area contributed by atoms with Gasteiger partial charge in [0.1, 0.15) is 42.3 Å². The highest BCUT2D eigenvalue weighted by Crippen LogP contribution is 2.27. The number of ether oxygens (including phenoxy) is 2. The number of hydrogen-bond acceptors (Lipinski definition) is 16. The molecule has 2 N–H and O–H groups in total. The van der Waals surface area contributed by atoms with Crippen molar-refractivity contribution in [1.29, 1.82) is 0 Å². The summed E-state index contributed by atoms with van der Waals surface area (Å²) in [5.41, 5.74) is 0.993. The van der Waals surface area contributed by atoms with Crippen molar-refractivity contribution in [2.75, 3.05) is 37.1 Å². The number of hydrogen-bond donors (Lipinski definition) is 2. The van der Waals surface area contributed by atoms with Gasteiger partial charge in [0.15, 0.2) is 0 Å². The lowest BCUT2D eigenvalue weighted by Gasteiger charge is -2.25. The van der Waals surface area contributed by atoms with Crippen LogP contribution in [0.15, 0.2) is 42.9 Å². The topological polar surface area (TPSA) is 236 Å². The van der Waals surface area contributed by atoms with Crippen LogP contribution in [0.1, 0.15) is 53.8 Å². The maximum atomic E-state index is 13.2. The summed E-state index contributed by atoms with van der Waals surface area (Å²) in [5.74, 6) is 0.531. The van der Waals surface area contributed by atoms with Gasteiger partial charge in [-0.2, -0.15) is 4.98 Å². The molecule has 0 spiro atoms. The number of methoxy groups -OCH3 is 1. The normalized spacial score (nSPS) is 14.4. The van der Waals surface area contributed by atoms with Crippen molar-refractivity contribution in [2.45, 2.75) is 57.3 Å². The fourth-order valence-electron chi connectivity index (χ4n) is 4.93. The minimum Gasteiger partial charge on any atom is -0.495 e. The Morgan fingerprint density at radius 3 is 2.65 bits per heavy atom. The van der Waals surface area contributed by atoms with Crippen molar-refractivity contribution in [3.8, 4) is 5.75 Å². The molecule has 2 aromatic heterocycles. The summed E-state index contributed by atoms with van der Waals surface area (Å²) in [7, 11) is 1.52. The van der Waals surface area contributed by atoms with E-state index in [9.17, 15) is 29.8 Å². The van der Waals surface area contributed by atoms with Gasteiger partial charge >= 0.3 is 5.97 Å². The van der Waals surface area contributed by atoms with E-state index in [0.717, 1.165) is 12.0 Å². The summed E-state index contributed by atoms with van der Waals surface area (Å²) in [6.07, 6.45) is 4.79. The summed E-state index contributed by atoms with van der Waals surface area (Å²) in [6.45, 7) is 0.309. The molecule has 262 valence electrons. The summed E-state index contributed by atoms with van der Waals surface area (Å²) in [4.78, 5) is 74.6. The van der Waals surface area contributed by atoms with E-state index in [2.05, 4.69) is 40.2 Å². The summed E-state index contributed by atoms with van der Waals surface area (Å²) < 4.78 is 10.7. The number of halogens is 1. The van der Waals surface area contributed by atoms with Gasteiger partial charge in [0.05, 0.1) is 24.7 Å². The highest BCUT2D eigenvalue weighted by atomic mass is 35.5. The van der Waals surface area contributed by atoms with Crippen LogP contribution in [0.2, 0.25) is 5.02 Å². The number of aromatic nitrogens is 4. The number of benzene rings is 1. The molecule has 49 heavy (non-hydrogen) atoms. The maximum Gasteiger partial charge on any atom is 0.305 e. The third kappa shape index (κ3) is 11.3. The maximum absolute atomic E-state index is 13.2. The largest absolute Gasteiger partial charge is 0.495 e. The van der Waals surface area contributed by atoms with Gasteiger partial charge in [0.25, 0.3) is 16.1 Å². The molecule has 1 saturated heterocycles. The van der Waals surface area contributed by atoms with Gasteiger partial charge in [-0.15, -0.1) is 20.2 Å². The highest BCUT2D eigenvalue weighted by Gasteiger charge is 2.29. The van der Waals surface area contributed by atoms with Crippen LogP contribution in [0.4, 0.5) is 11.8 Å². The Balaban J connectivity index is 1.40. The zero-order valence-corrected chi connectivity index (χ0v) is 27.1. The summed E-state index contributed by atoms with van der Waals surface area (Å²) in [6, 6.07) is 6.71. The third-order valence-corrected chi connectivity index (χ3v) is 7.60. The van der Waals surface area contributed by atoms with Gasteiger partial charge in [-0.05, 0) is 49.4 Å². The van der Waals surface area contributed by atoms with E-state index in [-0.39, 0.29) is 56.4 Å². The number of amides is 1. The van der Waals surface area contributed by atoms with Crippen molar-refractivity contribution in [2.24, 2.45) is 0 Å². The second-order valence-electron chi connectivity index (χ2n) is 10.6. The molecule has 1 aliphatic heterocycles. The van der Waals surface area contributed by atoms with E-state index >= 15 is 0 Å². The fraction of sp³-hybridized carbons (Fsp3) is 0.448. The van der Waals surface area contributed by atoms with E-state index in [4.69, 9.17) is 21.1 Å². The molecule has 2 unspecified atom stereocenters. The number of nitrogens with one attached hydrogen (secondary N) is 2. The number of carbonyl (C=O) groups excluding carboxylic acids is 2. The number of anilines is 2. The number of esters is 1. The van der Waals surface area contributed by atoms with Gasteiger partial charge in [-0.1, -0.05) is 17.7 Å². The quantitative estimate of drug-likeness (QED) is 0.104. The molecular weight excluding hydrogens is 670 g/mol. The van der Waals surface area contributed by atoms with Crippen molar-refractivity contribution in [3.63, 3.8) is 0 Å². The number of carbonyl (C=O) groups is 2. The van der Waals surface area contributed by atoms with Crippen LogP contribution in [0.5, 0.6) is 5.75 Å². The van der Waals surface area contributed by atoms with Gasteiger partial charge in [-0.25, -0.2) is 15.0 Å². The average molecular weight is 704 g/mol. The highest BCUT2D eigenvalue weighted by molar-refractivity contribution is 6.32. The molecule has 0 radical (unpaired) electrons. The van der Waals surface area contributed by atoms with Crippen LogP contribution in [0, 0.1) is 20.2 Å². The lowest BCUT2D eigenvalue weighted by Crippen LogP contribution is -2.35. The smallest absolute Gasteiger partial charge is 0.305 e. The van der Waals surface area contributed by atoms with Crippen molar-refractivity contribution < 1.29 is 38.9 Å². The molecule has 0 bridgehead atoms. The Morgan fingerprint density at radius 2 is 1.94 bits per heavy atom. The van der Waals surface area contributed by atoms with Crippen LogP contribution in [-0.2, 0) is 32.3 Å². The predicted molar refractivity (Wildman–Crippen MR) is 171 cm³/mol. The van der Waals surface area contributed by atoms with E-state index < -0.39 is 34.8 Å². The first-order chi connectivity index (χ1) is 23.6. The van der Waals surface area contributed by atoms with E-state index in [1.54, 1.807) is 30.6 Å². The zero-order chi connectivity index (χ0) is 35.2. The van der Waals surface area contributed by atoms with Crippen molar-refractivity contribution in [3.05, 3.63) is 85.1 Å². The minimum atomic E-state index is -1.21. The minimum absolute atomic E-state index is 0.0217. The molecule has 19 nitrogen and oxygen atoms in total. The first-order valence-electron chi connectivity index (χ1n) is 15.1. The molecule has 3 aromatic rings. The molecule has 1 amide bonds. The SMILES string of the molecule is COc1ccc(CNc2nc(N3CCCC3COC(=O)CCCC(CO[N+](=O)[O-])O[N+](=O)[O-])ncc2C(=O)NCc2ncccn2)cc1Cl. The Morgan fingerprint density at radius 1 is 1.14 bits per heavy atom. The Labute approximate surface area is 284 Å². The molecule has 2 atom stereocenters. The average Bonchev–Trinajstić information content (AvgIpc) is 3.56. The summed E-state index contributed by atoms with van der Waals surface area (Å²) >= 11 is 6.30. The van der Waals surface area contributed by atoms with E-state index in [1.807, 2.05) is 11.0 Å². The van der Waals surface area contributed by atoms with Gasteiger partial charge < -0.3 is 34.7 Å². The van der Waals surface area contributed by atoms with Gasteiger partial charge in [-0.3, -0.25) is 9.59 Å². The van der Waals surface area contributed by atoms with Gasteiger partial charge in [0.2, 0.25) is 5.95 Å². The monoisotopic (exact) mass is 703 g/mol. The van der Waals surface area contributed by atoms with Gasteiger partial charge in [0, 0.05) is 38.1 Å². The van der Waals surface area contributed by atoms with Crippen LogP contribution >= 0.6 is 11.6 Å². The molecular formula is C29H34ClN9O10. The van der Waals surface area contributed by atoms with E-state index in [0.29, 0.717) is 35.5 Å². The second kappa shape index (κ2) is 18.1. The molecule has 1 fully saturated rings. The van der Waals surface area contributed by atoms with Crippen LogP contribution in [-0.4, -0.2) is 81.0 Å². The first kappa shape index (κ1) is 36.2. The molecule has 1 aromatic carbocycles. The Bertz CT molecular complexity index is 1600. The zero-order valence-electron chi connectivity index (χ0n) is 26.4. The van der Waals surface area contributed by atoms with Crippen LogP contribution in [0.25, 0.3) is 0 Å². The van der Waals surface area contributed by atoms with E-state index in [1.165, 1.54) is 13.3 Å². The van der Waals surface area contributed by atoms with Crippen molar-refractivity contribution in [1.82, 2.24) is 25.3 Å². The fourth-order valence-corrected chi connectivity index (χ4v) is 5.21. The summed E-state index contributed by atoms with van der Waals surface area (Å²) in [5, 5.41) is 25.3. The number of rotatable bonds is 19. The van der Waals surface area contributed by atoms with Crippen molar-refractivity contribution >= 4 is 35.2 Å². The lowest BCUT2D eigenvalue weighted by atomic mass is 10.1. The standard InChI is InChI=1S/C29H34ClN9O10/c1-46-24-9-8-19(13-23(24)30)14-33-27-22(28(41)34-16-25-31-10-4-11-32-25)15-35-29(36-27)37-12-3-5-20(37)17-47-26(40)7-2-6-21(49-39(44)45)18-48-38(42)43/h4,8-11,13,15,20-21H,2-3,5-7,12,14,16-18H2,1H3,(H,34,41)(H,33,35,36). The molecule has 4 rings (SSSR count). The lowest BCUT2D eigenvalue weighted by molar-refractivity contribution is -0.790. The molecule has 0 aliphatic carbocycles. The predicted octanol–water partition coefficient (Wildman–Crippen LogP) is 2.94. The third-order valence-electron chi connectivity index (χ3n) is 7.30. The second-order valence-corrected chi connectivity index (χ2v) is 11.0. The first-order valence-corrected chi connectivity index (χ1v) is 15.5. The molecule has 1 aliphatic rings. The van der Waals surface area contributed by atoms with Crippen LogP contribution in [0.3, 0.4) is 0 Å². The molecule has 3 heterocycles. The molecule has 20 heteroatoms. The number of nitrogens with zero attached hydrogens (tertiary/aromatic N) is 7. The molecule has 0 saturated carbocycles.